The van der Waals surface area contributed by atoms with E-state index in [1.807, 2.05) is 11.4 Å². The van der Waals surface area contributed by atoms with Crippen LogP contribution in [0.5, 0.6) is 0 Å². The van der Waals surface area contributed by atoms with Gasteiger partial charge in [0.2, 0.25) is 0 Å². The SMILES string of the molecule is CCCCCON(C(N)=O)c1cccs1. The molecule has 0 spiro atoms. The van der Waals surface area contributed by atoms with Crippen molar-refractivity contribution in [3.63, 3.8) is 0 Å². The van der Waals surface area contributed by atoms with Gasteiger partial charge >= 0.3 is 6.03 Å². The Bertz CT molecular complexity index is 288. The van der Waals surface area contributed by atoms with E-state index in [1.54, 1.807) is 6.07 Å². The van der Waals surface area contributed by atoms with E-state index in [-0.39, 0.29) is 0 Å². The maximum Gasteiger partial charge on any atom is 0.344 e. The molecule has 0 aliphatic carbocycles. The zero-order chi connectivity index (χ0) is 11.1. The molecule has 0 unspecified atom stereocenters. The lowest BCUT2D eigenvalue weighted by atomic mass is 10.3. The molecule has 0 aliphatic rings. The first-order chi connectivity index (χ1) is 7.25. The van der Waals surface area contributed by atoms with Crippen LogP contribution in [0.4, 0.5) is 9.80 Å². The fourth-order valence-corrected chi connectivity index (χ4v) is 1.82. The van der Waals surface area contributed by atoms with Crippen molar-refractivity contribution in [2.24, 2.45) is 5.73 Å². The first-order valence-corrected chi connectivity index (χ1v) is 5.89. The van der Waals surface area contributed by atoms with Crippen LogP contribution >= 0.6 is 11.3 Å². The molecule has 0 atom stereocenters. The number of primary amides is 1. The van der Waals surface area contributed by atoms with Gasteiger partial charge in [0.25, 0.3) is 0 Å². The van der Waals surface area contributed by atoms with Crippen molar-refractivity contribution < 1.29 is 9.63 Å². The third-order valence-electron chi connectivity index (χ3n) is 1.87. The first-order valence-electron chi connectivity index (χ1n) is 5.01. The predicted molar refractivity (Wildman–Crippen MR) is 61.9 cm³/mol. The number of rotatable bonds is 6. The van der Waals surface area contributed by atoms with Gasteiger partial charge in [-0.3, -0.25) is 4.84 Å². The summed E-state index contributed by atoms with van der Waals surface area (Å²) in [5.74, 6) is 0. The van der Waals surface area contributed by atoms with E-state index >= 15 is 0 Å². The average molecular weight is 228 g/mol. The standard InChI is InChI=1S/C10H16N2O2S/c1-2-3-4-7-14-12(10(11)13)9-6-5-8-15-9/h5-6,8H,2-4,7H2,1H3,(H2,11,13). The molecule has 5 heteroatoms. The Morgan fingerprint density at radius 3 is 2.93 bits per heavy atom. The van der Waals surface area contributed by atoms with Crippen LogP contribution in [0.2, 0.25) is 0 Å². The van der Waals surface area contributed by atoms with Crippen molar-refractivity contribution in [3.8, 4) is 0 Å². The predicted octanol–water partition coefficient (Wildman–Crippen LogP) is 2.76. The molecule has 2 N–H and O–H groups in total. The molecule has 1 aromatic heterocycles. The van der Waals surface area contributed by atoms with Gasteiger partial charge < -0.3 is 5.73 Å². The minimum atomic E-state index is -0.575. The Morgan fingerprint density at radius 1 is 1.60 bits per heavy atom. The Labute approximate surface area is 93.6 Å². The molecule has 0 bridgehead atoms. The highest BCUT2D eigenvalue weighted by Gasteiger charge is 2.13. The molecule has 0 aliphatic heterocycles. The van der Waals surface area contributed by atoms with Crippen LogP contribution in [-0.2, 0) is 4.84 Å². The summed E-state index contributed by atoms with van der Waals surface area (Å²) in [6.45, 7) is 2.64. The van der Waals surface area contributed by atoms with Gasteiger partial charge in [-0.25, -0.2) is 4.79 Å². The molecule has 15 heavy (non-hydrogen) atoms. The van der Waals surface area contributed by atoms with E-state index < -0.39 is 6.03 Å². The van der Waals surface area contributed by atoms with Gasteiger partial charge in [0.15, 0.2) is 0 Å². The second-order valence-corrected chi connectivity index (χ2v) is 4.05. The monoisotopic (exact) mass is 228 g/mol. The van der Waals surface area contributed by atoms with Crippen LogP contribution in [-0.4, -0.2) is 12.6 Å². The summed E-state index contributed by atoms with van der Waals surface area (Å²) in [4.78, 5) is 16.4. The number of carbonyl (C=O) groups excluding carboxylic acids is 1. The topological polar surface area (TPSA) is 55.6 Å². The molecule has 4 nitrogen and oxygen atoms in total. The number of unbranched alkanes of at least 4 members (excludes halogenated alkanes) is 2. The fourth-order valence-electron chi connectivity index (χ4n) is 1.13. The molecule has 0 saturated carbocycles. The molecular weight excluding hydrogens is 212 g/mol. The lowest BCUT2D eigenvalue weighted by molar-refractivity contribution is 0.118. The van der Waals surface area contributed by atoms with Crippen molar-refractivity contribution in [3.05, 3.63) is 17.5 Å². The fraction of sp³-hybridized carbons (Fsp3) is 0.500. The zero-order valence-electron chi connectivity index (χ0n) is 8.81. The molecule has 0 fully saturated rings. The summed E-state index contributed by atoms with van der Waals surface area (Å²) in [6.07, 6.45) is 3.15. The Kier molecular flexibility index (Phi) is 5.14. The third kappa shape index (κ3) is 3.89. The first kappa shape index (κ1) is 12.0. The van der Waals surface area contributed by atoms with Gasteiger partial charge in [-0.2, -0.15) is 5.06 Å². The number of urea groups is 1. The van der Waals surface area contributed by atoms with Crippen molar-refractivity contribution >= 4 is 22.4 Å². The third-order valence-corrected chi connectivity index (χ3v) is 2.71. The molecule has 0 saturated heterocycles. The Balaban J connectivity index is 2.42. The van der Waals surface area contributed by atoms with Crippen LogP contribution < -0.4 is 10.8 Å². The van der Waals surface area contributed by atoms with Gasteiger partial charge in [-0.15, -0.1) is 11.3 Å². The number of anilines is 1. The quantitative estimate of drug-likeness (QED) is 0.601. The van der Waals surface area contributed by atoms with Crippen molar-refractivity contribution in [1.29, 1.82) is 0 Å². The molecule has 1 aromatic rings. The second kappa shape index (κ2) is 6.42. The largest absolute Gasteiger partial charge is 0.349 e. The highest BCUT2D eigenvalue weighted by atomic mass is 32.1. The number of hydroxylamine groups is 1. The van der Waals surface area contributed by atoms with Crippen LogP contribution in [0.1, 0.15) is 26.2 Å². The van der Waals surface area contributed by atoms with Crippen molar-refractivity contribution in [2.45, 2.75) is 26.2 Å². The number of amides is 2. The number of thiophene rings is 1. The maximum atomic E-state index is 11.1. The molecule has 0 radical (unpaired) electrons. The van der Waals surface area contributed by atoms with E-state index in [0.29, 0.717) is 6.61 Å². The Morgan fingerprint density at radius 2 is 2.40 bits per heavy atom. The smallest absolute Gasteiger partial charge is 0.344 e. The number of nitrogens with two attached hydrogens (primary N) is 1. The maximum absolute atomic E-state index is 11.1. The van der Waals surface area contributed by atoms with Crippen molar-refractivity contribution in [1.82, 2.24) is 0 Å². The molecule has 0 aromatic carbocycles. The van der Waals surface area contributed by atoms with Crippen molar-refractivity contribution in [2.75, 3.05) is 11.7 Å². The van der Waals surface area contributed by atoms with Crippen LogP contribution in [0.3, 0.4) is 0 Å². The molecule has 1 heterocycles. The molecule has 2 amide bonds. The Hall–Kier alpha value is -1.07. The van der Waals surface area contributed by atoms with E-state index in [4.69, 9.17) is 10.6 Å². The number of carbonyl (C=O) groups is 1. The lowest BCUT2D eigenvalue weighted by Gasteiger charge is -2.17. The highest BCUT2D eigenvalue weighted by Crippen LogP contribution is 2.21. The van der Waals surface area contributed by atoms with E-state index in [9.17, 15) is 4.79 Å². The summed E-state index contributed by atoms with van der Waals surface area (Å²) >= 11 is 1.42. The summed E-state index contributed by atoms with van der Waals surface area (Å²) in [5, 5.41) is 3.75. The van der Waals surface area contributed by atoms with Gasteiger partial charge in [0.1, 0.15) is 5.00 Å². The minimum absolute atomic E-state index is 0.523. The average Bonchev–Trinajstić information content (AvgIpc) is 2.70. The van der Waals surface area contributed by atoms with E-state index in [1.165, 1.54) is 11.3 Å². The normalized spacial score (nSPS) is 10.2. The van der Waals surface area contributed by atoms with Gasteiger partial charge in [0.05, 0.1) is 6.61 Å². The number of hydrogen-bond donors (Lipinski definition) is 1. The summed E-state index contributed by atoms with van der Waals surface area (Å²) in [7, 11) is 0. The summed E-state index contributed by atoms with van der Waals surface area (Å²) in [6, 6.07) is 3.08. The summed E-state index contributed by atoms with van der Waals surface area (Å²) in [5.41, 5.74) is 5.21. The lowest BCUT2D eigenvalue weighted by Crippen LogP contribution is -2.35. The van der Waals surface area contributed by atoms with E-state index in [0.717, 1.165) is 29.3 Å². The van der Waals surface area contributed by atoms with E-state index in [2.05, 4.69) is 6.92 Å². The van der Waals surface area contributed by atoms with Crippen LogP contribution in [0, 0.1) is 0 Å². The number of nitrogens with zero attached hydrogens (tertiary/aromatic N) is 1. The van der Waals surface area contributed by atoms with Gasteiger partial charge in [-0.05, 0) is 23.9 Å². The molecular formula is C10H16N2O2S. The second-order valence-electron chi connectivity index (χ2n) is 3.12. The minimum Gasteiger partial charge on any atom is -0.349 e. The van der Waals surface area contributed by atoms with Crippen LogP contribution in [0.25, 0.3) is 0 Å². The van der Waals surface area contributed by atoms with Crippen LogP contribution in [0.15, 0.2) is 17.5 Å². The highest BCUT2D eigenvalue weighted by molar-refractivity contribution is 7.14. The molecule has 1 rings (SSSR count). The van der Waals surface area contributed by atoms with Gasteiger partial charge in [-0.1, -0.05) is 19.8 Å². The number of hydrogen-bond acceptors (Lipinski definition) is 3. The zero-order valence-corrected chi connectivity index (χ0v) is 9.63. The molecule has 84 valence electrons. The van der Waals surface area contributed by atoms with Gasteiger partial charge in [0, 0.05) is 0 Å². The summed E-state index contributed by atoms with van der Waals surface area (Å²) < 4.78 is 0.